The van der Waals surface area contributed by atoms with E-state index in [1.165, 1.54) is 0 Å². The number of aromatic nitrogens is 1. The number of amides is 1. The molecule has 1 fully saturated rings. The van der Waals surface area contributed by atoms with Crippen molar-refractivity contribution in [1.82, 2.24) is 14.6 Å². The molecule has 0 saturated carbocycles. The van der Waals surface area contributed by atoms with Gasteiger partial charge in [0.1, 0.15) is 0 Å². The molecule has 0 spiro atoms. The van der Waals surface area contributed by atoms with Crippen LogP contribution in [-0.2, 0) is 10.0 Å². The SMILES string of the molecule is Cl.O=C(c1ccc(-c2ccncc2)cc1)N1CC[C@H](NS(=O)(=O)c2ccc3cc(Cl)ccc3c2)C1. The molecule has 1 atom stereocenters. The highest BCUT2D eigenvalue weighted by Crippen LogP contribution is 2.24. The van der Waals surface area contributed by atoms with Gasteiger partial charge in [-0.05, 0) is 76.9 Å². The monoisotopic (exact) mass is 527 g/mol. The fourth-order valence-corrected chi connectivity index (χ4v) is 5.70. The first-order valence-corrected chi connectivity index (χ1v) is 12.8. The Hall–Kier alpha value is -2.97. The van der Waals surface area contributed by atoms with E-state index in [0.29, 0.717) is 30.1 Å². The van der Waals surface area contributed by atoms with Crippen LogP contribution in [0.1, 0.15) is 16.8 Å². The molecule has 1 N–H and O–H groups in total. The maximum Gasteiger partial charge on any atom is 0.253 e. The molecule has 2 heterocycles. The highest BCUT2D eigenvalue weighted by atomic mass is 35.5. The third-order valence-corrected chi connectivity index (χ3v) is 7.78. The van der Waals surface area contributed by atoms with E-state index >= 15 is 0 Å². The number of carbonyl (C=O) groups excluding carboxylic acids is 1. The van der Waals surface area contributed by atoms with Crippen molar-refractivity contribution in [3.8, 4) is 11.1 Å². The molecule has 0 bridgehead atoms. The van der Waals surface area contributed by atoms with Crippen LogP contribution in [0, 0.1) is 0 Å². The van der Waals surface area contributed by atoms with Gasteiger partial charge in [0.2, 0.25) is 10.0 Å². The van der Waals surface area contributed by atoms with E-state index in [9.17, 15) is 13.2 Å². The fraction of sp³-hybridized carbons (Fsp3) is 0.154. The molecular formula is C26H23Cl2N3O3S. The summed E-state index contributed by atoms with van der Waals surface area (Å²) < 4.78 is 28.7. The van der Waals surface area contributed by atoms with Crippen molar-refractivity contribution in [3.05, 3.63) is 95.8 Å². The van der Waals surface area contributed by atoms with Crippen molar-refractivity contribution in [3.63, 3.8) is 0 Å². The maximum absolute atomic E-state index is 13.0. The Labute approximate surface area is 215 Å². The first-order chi connectivity index (χ1) is 16.4. The number of carbonyl (C=O) groups is 1. The van der Waals surface area contributed by atoms with Gasteiger partial charge in [-0.1, -0.05) is 35.9 Å². The number of benzene rings is 3. The Morgan fingerprint density at radius 2 is 1.57 bits per heavy atom. The summed E-state index contributed by atoms with van der Waals surface area (Å²) >= 11 is 6.02. The molecule has 0 radical (unpaired) electrons. The number of hydrogen-bond acceptors (Lipinski definition) is 4. The second-order valence-corrected chi connectivity index (χ2v) is 10.5. The van der Waals surface area contributed by atoms with Crippen LogP contribution in [0.2, 0.25) is 5.02 Å². The molecule has 9 heteroatoms. The predicted octanol–water partition coefficient (Wildman–Crippen LogP) is 5.17. The Kier molecular flexibility index (Phi) is 7.42. The largest absolute Gasteiger partial charge is 0.337 e. The van der Waals surface area contributed by atoms with E-state index in [-0.39, 0.29) is 29.3 Å². The van der Waals surface area contributed by atoms with Crippen LogP contribution < -0.4 is 4.72 Å². The Bertz CT molecular complexity index is 1460. The number of halogens is 2. The molecule has 180 valence electrons. The van der Waals surface area contributed by atoms with Gasteiger partial charge in [-0.15, -0.1) is 12.4 Å². The number of nitrogens with zero attached hydrogens (tertiary/aromatic N) is 2. The van der Waals surface area contributed by atoms with Crippen LogP contribution in [-0.4, -0.2) is 43.3 Å². The Balaban J connectivity index is 0.00000289. The van der Waals surface area contributed by atoms with Crippen molar-refractivity contribution < 1.29 is 13.2 Å². The van der Waals surface area contributed by atoms with Gasteiger partial charge >= 0.3 is 0 Å². The third kappa shape index (κ3) is 5.49. The van der Waals surface area contributed by atoms with Gasteiger partial charge in [-0.2, -0.15) is 0 Å². The number of fused-ring (bicyclic) bond motifs is 1. The van der Waals surface area contributed by atoms with Gasteiger partial charge in [0.25, 0.3) is 5.91 Å². The molecule has 1 aliphatic rings. The van der Waals surface area contributed by atoms with E-state index in [2.05, 4.69) is 9.71 Å². The number of nitrogens with one attached hydrogen (secondary N) is 1. The summed E-state index contributed by atoms with van der Waals surface area (Å²) in [7, 11) is -3.72. The predicted molar refractivity (Wildman–Crippen MR) is 141 cm³/mol. The minimum absolute atomic E-state index is 0. The number of hydrogen-bond donors (Lipinski definition) is 1. The topological polar surface area (TPSA) is 79.4 Å². The zero-order chi connectivity index (χ0) is 23.7. The van der Waals surface area contributed by atoms with Crippen LogP contribution in [0.4, 0.5) is 0 Å². The molecular weight excluding hydrogens is 505 g/mol. The summed E-state index contributed by atoms with van der Waals surface area (Å²) in [6.07, 6.45) is 4.02. The van der Waals surface area contributed by atoms with Gasteiger partial charge in [-0.3, -0.25) is 9.78 Å². The molecule has 35 heavy (non-hydrogen) atoms. The van der Waals surface area contributed by atoms with Crippen molar-refractivity contribution in [1.29, 1.82) is 0 Å². The van der Waals surface area contributed by atoms with E-state index in [0.717, 1.165) is 21.9 Å². The summed E-state index contributed by atoms with van der Waals surface area (Å²) in [4.78, 5) is 18.9. The number of sulfonamides is 1. The molecule has 5 rings (SSSR count). The molecule has 3 aromatic carbocycles. The maximum atomic E-state index is 13.0. The van der Waals surface area contributed by atoms with Crippen LogP contribution in [0.25, 0.3) is 21.9 Å². The minimum Gasteiger partial charge on any atom is -0.337 e. The standard InChI is InChI=1S/C26H22ClN3O3S.ClH/c27-23-7-5-22-16-25(8-6-21(22)15-23)34(32,33)29-24-11-14-30(17-24)26(31)20-3-1-18(2-4-20)19-9-12-28-13-10-19;/h1-10,12-13,15-16,24,29H,11,14,17H2;1H/t24-;/m0./s1. The van der Waals surface area contributed by atoms with Gasteiger partial charge in [-0.25, -0.2) is 13.1 Å². The minimum atomic E-state index is -3.72. The van der Waals surface area contributed by atoms with Crippen LogP contribution >= 0.6 is 24.0 Å². The summed E-state index contributed by atoms with van der Waals surface area (Å²) in [5, 5.41) is 2.27. The highest BCUT2D eigenvalue weighted by molar-refractivity contribution is 7.89. The van der Waals surface area contributed by atoms with Crippen LogP contribution in [0.3, 0.4) is 0 Å². The van der Waals surface area contributed by atoms with Gasteiger partial charge in [0, 0.05) is 42.1 Å². The first kappa shape index (κ1) is 25.1. The number of rotatable bonds is 5. The number of likely N-dealkylation sites (tertiary alicyclic amines) is 1. The molecule has 0 unspecified atom stereocenters. The van der Waals surface area contributed by atoms with Crippen molar-refractivity contribution >= 4 is 50.7 Å². The average Bonchev–Trinajstić information content (AvgIpc) is 3.31. The molecule has 4 aromatic rings. The number of pyridine rings is 1. The second kappa shape index (κ2) is 10.3. The van der Waals surface area contributed by atoms with Gasteiger partial charge < -0.3 is 4.90 Å². The lowest BCUT2D eigenvalue weighted by Crippen LogP contribution is -2.38. The second-order valence-electron chi connectivity index (χ2n) is 8.32. The van der Waals surface area contributed by atoms with Crippen molar-refractivity contribution in [2.45, 2.75) is 17.4 Å². The summed E-state index contributed by atoms with van der Waals surface area (Å²) in [6.45, 7) is 0.821. The lowest BCUT2D eigenvalue weighted by molar-refractivity contribution is 0.0790. The summed E-state index contributed by atoms with van der Waals surface area (Å²) in [5.41, 5.74) is 2.61. The zero-order valence-electron chi connectivity index (χ0n) is 18.6. The van der Waals surface area contributed by atoms with Crippen LogP contribution in [0.5, 0.6) is 0 Å². The Morgan fingerprint density at radius 1 is 0.914 bits per heavy atom. The molecule has 6 nitrogen and oxygen atoms in total. The van der Waals surface area contributed by atoms with Crippen LogP contribution in [0.15, 0.2) is 90.1 Å². The summed E-state index contributed by atoms with van der Waals surface area (Å²) in [5.74, 6) is -0.106. The lowest BCUT2D eigenvalue weighted by atomic mass is 10.0. The zero-order valence-corrected chi connectivity index (χ0v) is 21.0. The van der Waals surface area contributed by atoms with E-state index in [1.54, 1.807) is 65.8 Å². The third-order valence-electron chi connectivity index (χ3n) is 6.03. The van der Waals surface area contributed by atoms with Gasteiger partial charge in [0.15, 0.2) is 0 Å². The molecule has 0 aliphatic carbocycles. The van der Waals surface area contributed by atoms with E-state index < -0.39 is 10.0 Å². The lowest BCUT2D eigenvalue weighted by Gasteiger charge is -2.18. The average molecular weight is 528 g/mol. The van der Waals surface area contributed by atoms with E-state index in [4.69, 9.17) is 11.6 Å². The quantitative estimate of drug-likeness (QED) is 0.388. The molecule has 1 aromatic heterocycles. The molecule has 1 aliphatic heterocycles. The normalized spacial score (nSPS) is 15.7. The summed E-state index contributed by atoms with van der Waals surface area (Å²) in [6, 6.07) is 21.2. The molecule has 1 saturated heterocycles. The fourth-order valence-electron chi connectivity index (χ4n) is 4.22. The first-order valence-electron chi connectivity index (χ1n) is 10.9. The molecule has 1 amide bonds. The van der Waals surface area contributed by atoms with E-state index in [1.807, 2.05) is 24.3 Å². The highest BCUT2D eigenvalue weighted by Gasteiger charge is 2.30. The van der Waals surface area contributed by atoms with Crippen molar-refractivity contribution in [2.24, 2.45) is 0 Å². The smallest absolute Gasteiger partial charge is 0.253 e. The van der Waals surface area contributed by atoms with Crippen molar-refractivity contribution in [2.75, 3.05) is 13.1 Å². The van der Waals surface area contributed by atoms with Gasteiger partial charge in [0.05, 0.1) is 4.90 Å². The Morgan fingerprint density at radius 3 is 2.31 bits per heavy atom.